The molecular weight excluding hydrogens is 248 g/mol. The van der Waals surface area contributed by atoms with Crippen molar-refractivity contribution in [2.24, 2.45) is 0 Å². The predicted octanol–water partition coefficient (Wildman–Crippen LogP) is 2.97. The molecule has 0 fully saturated rings. The van der Waals surface area contributed by atoms with E-state index in [9.17, 15) is 0 Å². The van der Waals surface area contributed by atoms with Crippen molar-refractivity contribution in [2.45, 2.75) is 46.7 Å². The molecule has 1 aromatic rings. The van der Waals surface area contributed by atoms with E-state index in [0.29, 0.717) is 12.1 Å². The van der Waals surface area contributed by atoms with Crippen molar-refractivity contribution in [1.29, 1.82) is 0 Å². The van der Waals surface area contributed by atoms with Crippen LogP contribution in [0.2, 0.25) is 5.28 Å². The standard InChI is InChI=1S/C13H23ClN4/c1-9(2)18(10(3)4)7-6-15-12-11(5)8-16-13(14)17-12/h8-10H,6-7H2,1-5H3,(H,15,16,17). The van der Waals surface area contributed by atoms with E-state index in [1.165, 1.54) is 0 Å². The lowest BCUT2D eigenvalue weighted by atomic mass is 10.2. The molecule has 18 heavy (non-hydrogen) atoms. The Hall–Kier alpha value is -0.870. The van der Waals surface area contributed by atoms with Crippen molar-refractivity contribution >= 4 is 17.4 Å². The molecule has 0 bridgehead atoms. The fourth-order valence-electron chi connectivity index (χ4n) is 2.02. The third-order valence-electron chi connectivity index (χ3n) is 2.93. The molecule has 4 nitrogen and oxygen atoms in total. The highest BCUT2D eigenvalue weighted by Gasteiger charge is 2.12. The van der Waals surface area contributed by atoms with Crippen molar-refractivity contribution in [2.75, 3.05) is 18.4 Å². The molecule has 0 aliphatic heterocycles. The summed E-state index contributed by atoms with van der Waals surface area (Å²) in [5.41, 5.74) is 1.01. The van der Waals surface area contributed by atoms with Gasteiger partial charge in [-0.2, -0.15) is 0 Å². The Bertz CT molecular complexity index is 371. The zero-order valence-corrected chi connectivity index (χ0v) is 12.6. The quantitative estimate of drug-likeness (QED) is 0.807. The summed E-state index contributed by atoms with van der Waals surface area (Å²) in [6.07, 6.45) is 1.74. The summed E-state index contributed by atoms with van der Waals surface area (Å²) in [6.45, 7) is 12.7. The van der Waals surface area contributed by atoms with Crippen LogP contribution in [0.1, 0.15) is 33.3 Å². The molecule has 0 unspecified atom stereocenters. The Kier molecular flexibility index (Phi) is 5.82. The van der Waals surface area contributed by atoms with Crippen LogP contribution in [0, 0.1) is 6.92 Å². The first-order valence-electron chi connectivity index (χ1n) is 6.40. The molecule has 0 radical (unpaired) electrons. The van der Waals surface area contributed by atoms with Crippen LogP contribution in [0.3, 0.4) is 0 Å². The van der Waals surface area contributed by atoms with Gasteiger partial charge < -0.3 is 5.32 Å². The summed E-state index contributed by atoms with van der Waals surface area (Å²) in [5.74, 6) is 0.822. The number of halogens is 1. The van der Waals surface area contributed by atoms with Crippen LogP contribution in [-0.2, 0) is 0 Å². The van der Waals surface area contributed by atoms with Gasteiger partial charge in [0.25, 0.3) is 0 Å². The van der Waals surface area contributed by atoms with E-state index in [4.69, 9.17) is 11.6 Å². The average molecular weight is 271 g/mol. The number of nitrogens with one attached hydrogen (secondary N) is 1. The van der Waals surface area contributed by atoms with Crippen LogP contribution in [-0.4, -0.2) is 40.0 Å². The van der Waals surface area contributed by atoms with E-state index < -0.39 is 0 Å². The number of nitrogens with zero attached hydrogens (tertiary/aromatic N) is 3. The summed E-state index contributed by atoms with van der Waals surface area (Å²) in [6, 6.07) is 1.09. The van der Waals surface area contributed by atoms with Gasteiger partial charge >= 0.3 is 0 Å². The smallest absolute Gasteiger partial charge is 0.224 e. The monoisotopic (exact) mass is 270 g/mol. The van der Waals surface area contributed by atoms with Crippen LogP contribution in [0.5, 0.6) is 0 Å². The molecule has 1 rings (SSSR count). The SMILES string of the molecule is Cc1cnc(Cl)nc1NCCN(C(C)C)C(C)C. The molecule has 1 heterocycles. The minimum absolute atomic E-state index is 0.285. The Morgan fingerprint density at radius 3 is 2.44 bits per heavy atom. The average Bonchev–Trinajstić information content (AvgIpc) is 2.27. The number of hydrogen-bond donors (Lipinski definition) is 1. The summed E-state index contributed by atoms with van der Waals surface area (Å²) < 4.78 is 0. The highest BCUT2D eigenvalue weighted by Crippen LogP contribution is 2.12. The summed E-state index contributed by atoms with van der Waals surface area (Å²) in [4.78, 5) is 10.6. The van der Waals surface area contributed by atoms with Gasteiger partial charge in [0.15, 0.2) is 0 Å². The fraction of sp³-hybridized carbons (Fsp3) is 0.692. The predicted molar refractivity (Wildman–Crippen MR) is 77.2 cm³/mol. The van der Waals surface area contributed by atoms with Crippen LogP contribution >= 0.6 is 11.6 Å². The molecule has 0 amide bonds. The molecule has 5 heteroatoms. The Morgan fingerprint density at radius 2 is 1.89 bits per heavy atom. The van der Waals surface area contributed by atoms with Gasteiger partial charge in [-0.05, 0) is 46.2 Å². The van der Waals surface area contributed by atoms with Crippen molar-refractivity contribution in [3.63, 3.8) is 0 Å². The van der Waals surface area contributed by atoms with E-state index in [1.54, 1.807) is 6.20 Å². The minimum Gasteiger partial charge on any atom is -0.368 e. The minimum atomic E-state index is 0.285. The molecule has 1 aromatic heterocycles. The van der Waals surface area contributed by atoms with Gasteiger partial charge in [0.1, 0.15) is 5.82 Å². The highest BCUT2D eigenvalue weighted by atomic mass is 35.5. The van der Waals surface area contributed by atoms with Crippen LogP contribution in [0.15, 0.2) is 6.20 Å². The Balaban J connectivity index is 2.52. The molecule has 0 aliphatic carbocycles. The second kappa shape index (κ2) is 6.90. The maximum absolute atomic E-state index is 5.79. The maximum atomic E-state index is 5.79. The highest BCUT2D eigenvalue weighted by molar-refractivity contribution is 6.28. The summed E-state index contributed by atoms with van der Waals surface area (Å²) >= 11 is 5.79. The van der Waals surface area contributed by atoms with E-state index in [0.717, 1.165) is 24.5 Å². The molecule has 1 N–H and O–H groups in total. The van der Waals surface area contributed by atoms with E-state index in [1.807, 2.05) is 6.92 Å². The molecule has 0 aromatic carbocycles. The van der Waals surface area contributed by atoms with Gasteiger partial charge in [-0.1, -0.05) is 0 Å². The number of anilines is 1. The van der Waals surface area contributed by atoms with Crippen molar-refractivity contribution < 1.29 is 0 Å². The maximum Gasteiger partial charge on any atom is 0.224 e. The number of hydrogen-bond acceptors (Lipinski definition) is 4. The second-order valence-corrected chi connectivity index (χ2v) is 5.36. The van der Waals surface area contributed by atoms with Crippen molar-refractivity contribution in [1.82, 2.24) is 14.9 Å². The lowest BCUT2D eigenvalue weighted by Gasteiger charge is -2.30. The third-order valence-corrected chi connectivity index (χ3v) is 3.11. The Labute approximate surface area is 115 Å². The molecule has 0 saturated heterocycles. The first kappa shape index (κ1) is 15.2. The topological polar surface area (TPSA) is 41.1 Å². The fourth-order valence-corrected chi connectivity index (χ4v) is 2.15. The lowest BCUT2D eigenvalue weighted by molar-refractivity contribution is 0.182. The first-order chi connectivity index (χ1) is 8.41. The summed E-state index contributed by atoms with van der Waals surface area (Å²) in [5, 5.41) is 3.60. The van der Waals surface area contributed by atoms with Gasteiger partial charge in [0, 0.05) is 36.9 Å². The van der Waals surface area contributed by atoms with Gasteiger partial charge in [-0.15, -0.1) is 0 Å². The van der Waals surface area contributed by atoms with Crippen molar-refractivity contribution in [3.8, 4) is 0 Å². The van der Waals surface area contributed by atoms with Crippen LogP contribution < -0.4 is 5.32 Å². The first-order valence-corrected chi connectivity index (χ1v) is 6.78. The number of aryl methyl sites for hydroxylation is 1. The molecule has 0 aliphatic rings. The zero-order valence-electron chi connectivity index (χ0n) is 11.9. The normalized spacial score (nSPS) is 11.6. The van der Waals surface area contributed by atoms with E-state index >= 15 is 0 Å². The second-order valence-electron chi connectivity index (χ2n) is 5.02. The Morgan fingerprint density at radius 1 is 1.28 bits per heavy atom. The van der Waals surface area contributed by atoms with Crippen LogP contribution in [0.25, 0.3) is 0 Å². The van der Waals surface area contributed by atoms with Gasteiger partial charge in [0.2, 0.25) is 5.28 Å². The van der Waals surface area contributed by atoms with E-state index in [-0.39, 0.29) is 5.28 Å². The van der Waals surface area contributed by atoms with Gasteiger partial charge in [-0.25, -0.2) is 9.97 Å². The van der Waals surface area contributed by atoms with Crippen molar-refractivity contribution in [3.05, 3.63) is 17.0 Å². The molecule has 0 atom stereocenters. The van der Waals surface area contributed by atoms with Gasteiger partial charge in [-0.3, -0.25) is 4.90 Å². The molecule has 0 spiro atoms. The molecular formula is C13H23ClN4. The molecule has 102 valence electrons. The molecule has 0 saturated carbocycles. The lowest BCUT2D eigenvalue weighted by Crippen LogP contribution is -2.40. The number of aromatic nitrogens is 2. The summed E-state index contributed by atoms with van der Waals surface area (Å²) in [7, 11) is 0. The van der Waals surface area contributed by atoms with Crippen LogP contribution in [0.4, 0.5) is 5.82 Å². The zero-order chi connectivity index (χ0) is 13.7. The van der Waals surface area contributed by atoms with Gasteiger partial charge in [0.05, 0.1) is 0 Å². The third kappa shape index (κ3) is 4.42. The number of rotatable bonds is 6. The largest absolute Gasteiger partial charge is 0.368 e. The van der Waals surface area contributed by atoms with E-state index in [2.05, 4.69) is 47.9 Å².